The summed E-state index contributed by atoms with van der Waals surface area (Å²) in [6, 6.07) is 7.88. The summed E-state index contributed by atoms with van der Waals surface area (Å²) in [4.78, 5) is 0. The number of nitrogens with zero attached hydrogens (tertiary/aromatic N) is 2. The Bertz CT molecular complexity index is 317. The molecule has 0 heterocycles. The summed E-state index contributed by atoms with van der Waals surface area (Å²) < 4.78 is 0. The van der Waals surface area contributed by atoms with Crippen molar-refractivity contribution in [2.75, 3.05) is 5.01 Å². The highest BCUT2D eigenvalue weighted by Gasteiger charge is 1.98. The van der Waals surface area contributed by atoms with Crippen LogP contribution in [-0.2, 0) is 5.88 Å². The van der Waals surface area contributed by atoms with Crippen LogP contribution in [0.4, 0.5) is 5.69 Å². The van der Waals surface area contributed by atoms with Crippen LogP contribution in [0.5, 0.6) is 0 Å². The van der Waals surface area contributed by atoms with Gasteiger partial charge in [0, 0.05) is 18.3 Å². The normalized spacial score (nSPS) is 10.4. The van der Waals surface area contributed by atoms with E-state index in [1.165, 1.54) is 0 Å². The molecule has 2 nitrogen and oxygen atoms in total. The number of hydrogen-bond donors (Lipinski definition) is 0. The van der Waals surface area contributed by atoms with Crippen molar-refractivity contribution in [1.82, 2.24) is 0 Å². The predicted molar refractivity (Wildman–Crippen MR) is 62.8 cm³/mol. The molecule has 0 aliphatic heterocycles. The van der Waals surface area contributed by atoms with Crippen molar-refractivity contribution in [2.45, 2.75) is 12.8 Å². The van der Waals surface area contributed by atoms with E-state index in [0.29, 0.717) is 5.88 Å². The molecule has 0 spiro atoms. The molecule has 1 rings (SSSR count). The lowest BCUT2D eigenvalue weighted by Gasteiger charge is -2.13. The van der Waals surface area contributed by atoms with E-state index in [1.807, 2.05) is 31.2 Å². The quantitative estimate of drug-likeness (QED) is 0.421. The Labute approximate surface area is 89.5 Å². The monoisotopic (exact) mass is 208 g/mol. The van der Waals surface area contributed by atoms with Crippen LogP contribution in [-0.4, -0.2) is 6.21 Å². The lowest BCUT2D eigenvalue weighted by atomic mass is 10.2. The number of alkyl halides is 1. The van der Waals surface area contributed by atoms with Crippen LogP contribution in [0, 0.1) is 0 Å². The average molecular weight is 209 g/mol. The fourth-order valence-corrected chi connectivity index (χ4v) is 1.26. The van der Waals surface area contributed by atoms with Gasteiger partial charge in [-0.25, -0.2) is 5.01 Å². The lowest BCUT2D eigenvalue weighted by molar-refractivity contribution is 1.08. The molecule has 0 saturated heterocycles. The molecule has 0 fully saturated rings. The van der Waals surface area contributed by atoms with Gasteiger partial charge >= 0.3 is 0 Å². The van der Waals surface area contributed by atoms with E-state index in [9.17, 15) is 0 Å². The molecule has 0 N–H and O–H groups in total. The first-order chi connectivity index (χ1) is 6.81. The lowest BCUT2D eigenvalue weighted by Crippen LogP contribution is -2.06. The summed E-state index contributed by atoms with van der Waals surface area (Å²) in [5.41, 5.74) is 2.08. The first-order valence-electron chi connectivity index (χ1n) is 4.37. The number of halogens is 1. The molecule has 0 aromatic heterocycles. The maximum atomic E-state index is 5.69. The van der Waals surface area contributed by atoms with Crippen LogP contribution in [0.15, 0.2) is 42.1 Å². The molecule has 0 aliphatic carbocycles. The zero-order valence-corrected chi connectivity index (χ0v) is 8.91. The van der Waals surface area contributed by atoms with E-state index in [2.05, 4.69) is 11.7 Å². The minimum Gasteiger partial charge on any atom is -0.242 e. The van der Waals surface area contributed by atoms with Gasteiger partial charge in [-0.3, -0.25) is 0 Å². The van der Waals surface area contributed by atoms with E-state index in [0.717, 1.165) is 11.3 Å². The van der Waals surface area contributed by atoms with Gasteiger partial charge in [0.05, 0.1) is 5.69 Å². The van der Waals surface area contributed by atoms with E-state index in [-0.39, 0.29) is 0 Å². The van der Waals surface area contributed by atoms with Crippen molar-refractivity contribution in [1.29, 1.82) is 0 Å². The summed E-state index contributed by atoms with van der Waals surface area (Å²) in [6.07, 6.45) is 3.38. The van der Waals surface area contributed by atoms with Gasteiger partial charge in [0.15, 0.2) is 0 Å². The number of hydrazone groups is 1. The average Bonchev–Trinajstić information content (AvgIpc) is 2.26. The molecule has 0 amide bonds. The van der Waals surface area contributed by atoms with E-state index < -0.39 is 0 Å². The van der Waals surface area contributed by atoms with Gasteiger partial charge in [0.25, 0.3) is 0 Å². The molecule has 3 heteroatoms. The van der Waals surface area contributed by atoms with Gasteiger partial charge < -0.3 is 0 Å². The van der Waals surface area contributed by atoms with Crippen molar-refractivity contribution in [3.8, 4) is 0 Å². The SMILES string of the molecule is C=CN(/N=C\C)c1ccc(CCl)cc1. The first-order valence-corrected chi connectivity index (χ1v) is 4.90. The van der Waals surface area contributed by atoms with Crippen LogP contribution in [0.25, 0.3) is 0 Å². The summed E-state index contributed by atoms with van der Waals surface area (Å²) in [7, 11) is 0. The zero-order chi connectivity index (χ0) is 10.4. The van der Waals surface area contributed by atoms with E-state index in [4.69, 9.17) is 11.6 Å². The summed E-state index contributed by atoms with van der Waals surface area (Å²) >= 11 is 5.69. The van der Waals surface area contributed by atoms with Crippen molar-refractivity contribution in [3.63, 3.8) is 0 Å². The highest BCUT2D eigenvalue weighted by Crippen LogP contribution is 2.16. The molecule has 1 aromatic rings. The smallest absolute Gasteiger partial charge is 0.0645 e. The Morgan fingerprint density at radius 2 is 2.07 bits per heavy atom. The second-order valence-electron chi connectivity index (χ2n) is 2.70. The number of anilines is 1. The molecule has 0 aliphatic rings. The zero-order valence-electron chi connectivity index (χ0n) is 8.15. The Kier molecular flexibility index (Phi) is 4.20. The highest BCUT2D eigenvalue weighted by molar-refractivity contribution is 6.17. The van der Waals surface area contributed by atoms with Crippen molar-refractivity contribution < 1.29 is 0 Å². The van der Waals surface area contributed by atoms with Gasteiger partial charge in [0.1, 0.15) is 0 Å². The Hall–Kier alpha value is -1.28. The second-order valence-corrected chi connectivity index (χ2v) is 2.97. The number of hydrogen-bond acceptors (Lipinski definition) is 2. The molecule has 0 radical (unpaired) electrons. The van der Waals surface area contributed by atoms with Crippen LogP contribution in [0.1, 0.15) is 12.5 Å². The molecular weight excluding hydrogens is 196 g/mol. The van der Waals surface area contributed by atoms with Gasteiger partial charge in [-0.05, 0) is 24.6 Å². The Morgan fingerprint density at radius 3 is 2.50 bits per heavy atom. The summed E-state index contributed by atoms with van der Waals surface area (Å²) in [5.74, 6) is 0.533. The highest BCUT2D eigenvalue weighted by atomic mass is 35.5. The Balaban J connectivity index is 2.88. The molecule has 0 saturated carbocycles. The van der Waals surface area contributed by atoms with Gasteiger partial charge in [-0.15, -0.1) is 11.6 Å². The van der Waals surface area contributed by atoms with Crippen molar-refractivity contribution in [2.24, 2.45) is 5.10 Å². The van der Waals surface area contributed by atoms with Crippen molar-refractivity contribution in [3.05, 3.63) is 42.6 Å². The minimum absolute atomic E-state index is 0.533. The van der Waals surface area contributed by atoms with Crippen molar-refractivity contribution >= 4 is 23.5 Å². The maximum absolute atomic E-state index is 5.69. The topological polar surface area (TPSA) is 15.6 Å². The maximum Gasteiger partial charge on any atom is 0.0645 e. The molecule has 74 valence electrons. The largest absolute Gasteiger partial charge is 0.242 e. The van der Waals surface area contributed by atoms with Crippen LogP contribution < -0.4 is 5.01 Å². The second kappa shape index (κ2) is 5.45. The third kappa shape index (κ3) is 2.60. The first kappa shape index (κ1) is 10.8. The third-order valence-corrected chi connectivity index (χ3v) is 2.08. The predicted octanol–water partition coefficient (Wildman–Crippen LogP) is 3.38. The molecular formula is C11H13ClN2. The number of benzene rings is 1. The summed E-state index contributed by atoms with van der Waals surface area (Å²) in [5, 5.41) is 5.83. The molecule has 0 atom stereocenters. The fraction of sp³-hybridized carbons (Fsp3) is 0.182. The van der Waals surface area contributed by atoms with Crippen LogP contribution in [0.2, 0.25) is 0 Å². The molecule has 0 bridgehead atoms. The van der Waals surface area contributed by atoms with E-state index in [1.54, 1.807) is 17.4 Å². The summed E-state index contributed by atoms with van der Waals surface area (Å²) in [6.45, 7) is 5.55. The van der Waals surface area contributed by atoms with Crippen LogP contribution >= 0.6 is 11.6 Å². The Morgan fingerprint density at radius 1 is 1.43 bits per heavy atom. The van der Waals surface area contributed by atoms with Gasteiger partial charge in [0.2, 0.25) is 0 Å². The van der Waals surface area contributed by atoms with Gasteiger partial charge in [-0.2, -0.15) is 5.10 Å². The fourth-order valence-electron chi connectivity index (χ4n) is 1.08. The molecule has 14 heavy (non-hydrogen) atoms. The minimum atomic E-state index is 0.533. The molecule has 1 aromatic carbocycles. The van der Waals surface area contributed by atoms with E-state index >= 15 is 0 Å². The van der Waals surface area contributed by atoms with Crippen LogP contribution in [0.3, 0.4) is 0 Å². The standard InChI is InChI=1S/C11H13ClN2/c1-3-13-14(4-2)11-7-5-10(9-12)6-8-11/h3-8H,2,9H2,1H3/b13-3-. The third-order valence-electron chi connectivity index (χ3n) is 1.77. The van der Waals surface area contributed by atoms with Gasteiger partial charge in [-0.1, -0.05) is 18.7 Å². The number of rotatable bonds is 4. The molecule has 0 unspecified atom stereocenters.